The van der Waals surface area contributed by atoms with Gasteiger partial charge in [-0.1, -0.05) is 96.8 Å². The summed E-state index contributed by atoms with van der Waals surface area (Å²) in [4.78, 5) is 100. The second-order valence-corrected chi connectivity index (χ2v) is 27.3. The summed E-state index contributed by atoms with van der Waals surface area (Å²) < 4.78 is 32.7. The monoisotopic (exact) mass is 1330 g/mol. The quantitative estimate of drug-likeness (QED) is 0.0194. The Bertz CT molecular complexity index is 4410. The van der Waals surface area contributed by atoms with Crippen LogP contribution in [0.2, 0.25) is 0 Å². The van der Waals surface area contributed by atoms with Crippen molar-refractivity contribution in [2.45, 2.75) is 120 Å². The van der Waals surface area contributed by atoms with Crippen molar-refractivity contribution in [2.75, 3.05) is 76.1 Å². The van der Waals surface area contributed by atoms with Crippen LogP contribution in [-0.2, 0) is 46.0 Å². The summed E-state index contributed by atoms with van der Waals surface area (Å²) in [5.74, 6) is 5.69. The van der Waals surface area contributed by atoms with E-state index in [1.165, 1.54) is 4.90 Å². The van der Waals surface area contributed by atoms with E-state index in [0.29, 0.717) is 65.2 Å². The maximum absolute atomic E-state index is 14.4. The number of alkyl carbamates (subject to hydrolysis) is 1. The van der Waals surface area contributed by atoms with Crippen molar-refractivity contribution in [3.8, 4) is 39.8 Å². The number of aromatic amines is 1. The Kier molecular flexibility index (Phi) is 19.2. The number of aryl methyl sites for hydroxylation is 1. The van der Waals surface area contributed by atoms with Gasteiger partial charge in [-0.25, -0.2) is 19.6 Å². The number of hydrogen-bond acceptors (Lipinski definition) is 16. The van der Waals surface area contributed by atoms with Crippen LogP contribution in [0.1, 0.15) is 113 Å². The normalized spacial score (nSPS) is 17.4. The zero-order valence-electron chi connectivity index (χ0n) is 56.2. The molecule has 2 aliphatic carbocycles. The van der Waals surface area contributed by atoms with Crippen LogP contribution in [0.25, 0.3) is 44.1 Å². The van der Waals surface area contributed by atoms with Gasteiger partial charge < -0.3 is 59.0 Å². The predicted octanol–water partition coefficient (Wildman–Crippen LogP) is 9.55. The second kappa shape index (κ2) is 28.3. The molecule has 5 amide bonds. The number of anilines is 2. The average molecular weight is 1330 g/mol. The van der Waals surface area contributed by atoms with E-state index >= 15 is 0 Å². The molecule has 5 aromatic carbocycles. The lowest BCUT2D eigenvalue weighted by atomic mass is 9.87. The average Bonchev–Trinajstić information content (AvgIpc) is 0.995. The Hall–Kier alpha value is -9.92. The lowest BCUT2D eigenvalue weighted by Crippen LogP contribution is -2.55. The number of amides is 5. The SMILES string of the molecule is COc1ccc(C#CCNC2(C)CCN(C3CCN(c4nc([C@@](COCNC(=O)[C@H](CC(=O)OC(C)(C)C)NC(=O)OCC5c6ccccc6-c6ccccc65)(OC5CC5)c5ccccc5)c5cc(-c6cn(C)c(=O)c7[nH]ccc67)ccc5n4)CC3)CC2)cc1N1CCC(=O)NC1=O. The van der Waals surface area contributed by atoms with Crippen LogP contribution < -0.4 is 41.4 Å². The molecule has 1 saturated carbocycles. The molecule has 508 valence electrons. The fourth-order valence-electron chi connectivity index (χ4n) is 14.0. The highest BCUT2D eigenvalue weighted by atomic mass is 16.6. The van der Waals surface area contributed by atoms with Crippen LogP contribution in [0, 0.1) is 11.8 Å². The third-order valence-corrected chi connectivity index (χ3v) is 19.3. The Morgan fingerprint density at radius 1 is 0.806 bits per heavy atom. The number of piperidine rings is 2. The number of H-pyrrole nitrogens is 1. The molecule has 4 fully saturated rings. The first-order valence-corrected chi connectivity index (χ1v) is 33.8. The molecule has 0 bridgehead atoms. The van der Waals surface area contributed by atoms with Crippen LogP contribution in [0.5, 0.6) is 5.75 Å². The number of nitrogens with zero attached hydrogens (tertiary/aromatic N) is 6. The van der Waals surface area contributed by atoms with E-state index < -0.39 is 47.7 Å². The van der Waals surface area contributed by atoms with Crippen LogP contribution in [0.15, 0.2) is 139 Å². The Labute approximate surface area is 569 Å². The summed E-state index contributed by atoms with van der Waals surface area (Å²) in [6, 6.07) is 37.8. The van der Waals surface area contributed by atoms with E-state index in [0.717, 1.165) is 102 Å². The van der Waals surface area contributed by atoms with E-state index in [9.17, 15) is 28.8 Å². The number of carbonyl (C=O) groups is 5. The molecule has 3 aromatic heterocycles. The third kappa shape index (κ3) is 14.5. The van der Waals surface area contributed by atoms with Crippen LogP contribution >= 0.6 is 0 Å². The van der Waals surface area contributed by atoms with Crippen molar-refractivity contribution in [1.82, 2.24) is 45.7 Å². The number of hydrogen-bond donors (Lipinski definition) is 5. The molecule has 6 heterocycles. The fourth-order valence-corrected chi connectivity index (χ4v) is 14.0. The van der Waals surface area contributed by atoms with Gasteiger partial charge in [0, 0.05) is 98.0 Å². The molecule has 8 aromatic rings. The molecule has 3 aliphatic heterocycles. The Balaban J connectivity index is 0.733. The van der Waals surface area contributed by atoms with Gasteiger partial charge in [0.2, 0.25) is 17.8 Å². The van der Waals surface area contributed by atoms with Gasteiger partial charge in [-0.05, 0) is 136 Å². The van der Waals surface area contributed by atoms with Gasteiger partial charge in [0.1, 0.15) is 36.2 Å². The molecule has 22 heteroatoms. The summed E-state index contributed by atoms with van der Waals surface area (Å²) in [5.41, 5.74) is 7.11. The molecule has 5 aliphatic rings. The van der Waals surface area contributed by atoms with E-state index in [1.807, 2.05) is 115 Å². The van der Waals surface area contributed by atoms with Crippen LogP contribution in [0.4, 0.5) is 21.2 Å². The number of fused-ring (bicyclic) bond motifs is 5. The van der Waals surface area contributed by atoms with E-state index in [1.54, 1.807) is 51.8 Å². The molecule has 3 saturated heterocycles. The van der Waals surface area contributed by atoms with Crippen LogP contribution in [-0.4, -0.2) is 150 Å². The molecule has 0 unspecified atom stereocenters. The van der Waals surface area contributed by atoms with Gasteiger partial charge in [0.05, 0.1) is 49.7 Å². The van der Waals surface area contributed by atoms with Gasteiger partial charge in [-0.2, -0.15) is 0 Å². The number of pyridine rings is 1. The van der Waals surface area contributed by atoms with Gasteiger partial charge in [0.15, 0.2) is 5.60 Å². The predicted molar refractivity (Wildman–Crippen MR) is 373 cm³/mol. The second-order valence-electron chi connectivity index (χ2n) is 27.3. The molecular weight excluding hydrogens is 1240 g/mol. The van der Waals surface area contributed by atoms with Gasteiger partial charge in [-0.15, -0.1) is 0 Å². The number of benzene rings is 5. The summed E-state index contributed by atoms with van der Waals surface area (Å²) in [6.45, 7) is 11.0. The number of esters is 1. The van der Waals surface area contributed by atoms with E-state index in [2.05, 4.69) is 60.9 Å². The number of rotatable bonds is 21. The lowest BCUT2D eigenvalue weighted by Gasteiger charge is -2.45. The zero-order valence-corrected chi connectivity index (χ0v) is 56.2. The largest absolute Gasteiger partial charge is 0.495 e. The topological polar surface area (TPSA) is 253 Å². The van der Waals surface area contributed by atoms with Crippen LogP contribution in [0.3, 0.4) is 0 Å². The van der Waals surface area contributed by atoms with E-state index in [-0.39, 0.29) is 61.9 Å². The number of aromatic nitrogens is 4. The number of methoxy groups -OCH3 is 1. The fraction of sp³-hybridized carbons (Fsp3) is 0.395. The number of imide groups is 1. The molecule has 98 heavy (non-hydrogen) atoms. The highest BCUT2D eigenvalue weighted by molar-refractivity contribution is 6.06. The third-order valence-electron chi connectivity index (χ3n) is 19.3. The lowest BCUT2D eigenvalue weighted by molar-refractivity contribution is -0.156. The first-order valence-electron chi connectivity index (χ1n) is 33.8. The van der Waals surface area contributed by atoms with Gasteiger partial charge >= 0.3 is 18.1 Å². The molecule has 0 spiro atoms. The Morgan fingerprint density at radius 2 is 1.53 bits per heavy atom. The number of carbonyl (C=O) groups excluding carboxylic acids is 5. The van der Waals surface area contributed by atoms with E-state index in [4.69, 9.17) is 33.7 Å². The molecule has 22 nitrogen and oxygen atoms in total. The van der Waals surface area contributed by atoms with Crippen molar-refractivity contribution in [3.05, 3.63) is 172 Å². The molecule has 13 rings (SSSR count). The summed E-state index contributed by atoms with van der Waals surface area (Å²) in [7, 11) is 3.29. The number of urea groups is 1. The number of likely N-dealkylation sites (tertiary alicyclic amines) is 1. The first-order chi connectivity index (χ1) is 47.3. The van der Waals surface area contributed by atoms with Gasteiger partial charge in [0.25, 0.3) is 5.56 Å². The first kappa shape index (κ1) is 66.7. The summed E-state index contributed by atoms with van der Waals surface area (Å²) in [5, 5.41) is 13.1. The van der Waals surface area contributed by atoms with Gasteiger partial charge in [-0.3, -0.25) is 29.4 Å². The van der Waals surface area contributed by atoms with Crippen molar-refractivity contribution in [2.24, 2.45) is 7.05 Å². The van der Waals surface area contributed by atoms with Crippen molar-refractivity contribution in [3.63, 3.8) is 0 Å². The zero-order chi connectivity index (χ0) is 68.3. The minimum absolute atomic E-state index is 0.00299. The van der Waals surface area contributed by atoms with Crippen molar-refractivity contribution < 1.29 is 47.7 Å². The molecule has 5 N–H and O–H groups in total. The maximum atomic E-state index is 14.4. The molecule has 2 atom stereocenters. The standard InChI is InChI=1S/C76H83N11O11/c1-74(2,3)98-66(89)43-62(81-73(93)96-45-60-55-20-12-10-18-53(55)54-19-11-13-21-56(54)60)69(90)78-47-95-46-76(97-52-24-25-52,50-16-8-7-9-17-50)68-58-42-49(59-44-84(5)70(91)67-57(59)28-35-77-67)23-26-61(58)80-71(83-68)86-36-29-51(30-37-86)85-39-32-75(4,33-40-85)79-34-14-15-48-22-27-64(94-6)63(41-48)87-38-31-65(88)82-72(87)92/h7-13,16-23,26-28,35,41-42,44,51-52,60,62,77,79H,24-25,29-34,36-40,43,45-47H2,1-6H3,(H,78,90)(H,81,93)(H,82,88,92)/t62-,76-/m0/s1. The summed E-state index contributed by atoms with van der Waals surface area (Å²) >= 11 is 0. The van der Waals surface area contributed by atoms with Crippen molar-refractivity contribution >= 4 is 63.3 Å². The minimum Gasteiger partial charge on any atom is -0.495 e. The minimum atomic E-state index is -1.40. The highest BCUT2D eigenvalue weighted by Crippen LogP contribution is 2.46. The number of ether oxygens (including phenoxy) is 5. The maximum Gasteiger partial charge on any atom is 0.407 e. The Morgan fingerprint density at radius 3 is 2.23 bits per heavy atom. The molecular formula is C76H83N11O11. The highest BCUT2D eigenvalue weighted by Gasteiger charge is 2.45. The number of nitrogens with one attached hydrogen (secondary N) is 5. The smallest absolute Gasteiger partial charge is 0.407 e. The summed E-state index contributed by atoms with van der Waals surface area (Å²) in [6.07, 6.45) is 7.57. The van der Waals surface area contributed by atoms with Crippen molar-refractivity contribution in [1.29, 1.82) is 0 Å². The molecule has 0 radical (unpaired) electrons.